The number of carbonyl (C=O) groups is 2. The van der Waals surface area contributed by atoms with E-state index < -0.39 is 15.9 Å². The van der Waals surface area contributed by atoms with Crippen LogP contribution in [-0.2, 0) is 16.4 Å². The molecule has 3 heterocycles. The zero-order valence-corrected chi connectivity index (χ0v) is 20.2. The number of piperidine rings is 1. The molecule has 1 aromatic heterocycles. The molecule has 2 aliphatic rings. The SMILES string of the molecule is O=C(Nc1ccc(C(=O)N2CCc3ccccc32)cc1)c1sccc1S(=O)(=O)N1CCCCC1. The van der Waals surface area contributed by atoms with Gasteiger partial charge in [0, 0.05) is 36.6 Å². The van der Waals surface area contributed by atoms with E-state index in [1.807, 2.05) is 24.3 Å². The molecule has 7 nitrogen and oxygen atoms in total. The van der Waals surface area contributed by atoms with Gasteiger partial charge < -0.3 is 10.2 Å². The molecule has 0 atom stereocenters. The molecule has 0 unspecified atom stereocenters. The Balaban J connectivity index is 1.30. The highest BCUT2D eigenvalue weighted by atomic mass is 32.2. The maximum absolute atomic E-state index is 13.1. The summed E-state index contributed by atoms with van der Waals surface area (Å²) in [5.41, 5.74) is 3.12. The Hall–Kier alpha value is -3.01. The number of rotatable bonds is 5. The molecule has 0 aliphatic carbocycles. The normalized spacial score (nSPS) is 16.3. The molecule has 3 aromatic rings. The topological polar surface area (TPSA) is 86.8 Å². The highest BCUT2D eigenvalue weighted by molar-refractivity contribution is 7.89. The van der Waals surface area contributed by atoms with Crippen LogP contribution in [0.15, 0.2) is 64.9 Å². The first kappa shape index (κ1) is 22.8. The number of hydrogen-bond acceptors (Lipinski definition) is 5. The fraction of sp³-hybridized carbons (Fsp3) is 0.280. The minimum Gasteiger partial charge on any atom is -0.321 e. The Kier molecular flexibility index (Phi) is 6.24. The standard InChI is InChI=1S/C25H25N3O4S2/c29-24(23-22(13-17-33-23)34(31,32)27-14-4-1-5-15-27)26-20-10-8-19(9-11-20)25(30)28-16-12-18-6-2-3-7-21(18)28/h2-3,6-11,13,17H,1,4-5,12,14-16H2,(H,26,29). The highest BCUT2D eigenvalue weighted by Gasteiger charge is 2.31. The molecule has 9 heteroatoms. The summed E-state index contributed by atoms with van der Waals surface area (Å²) in [6, 6.07) is 16.1. The number of hydrogen-bond donors (Lipinski definition) is 1. The van der Waals surface area contributed by atoms with Crippen molar-refractivity contribution in [2.24, 2.45) is 0 Å². The zero-order chi connectivity index (χ0) is 23.7. The van der Waals surface area contributed by atoms with Crippen LogP contribution in [0.5, 0.6) is 0 Å². The molecule has 1 N–H and O–H groups in total. The predicted octanol–water partition coefficient (Wildman–Crippen LogP) is 4.38. The molecule has 1 saturated heterocycles. The predicted molar refractivity (Wildman–Crippen MR) is 133 cm³/mol. The Labute approximate surface area is 203 Å². The van der Waals surface area contributed by atoms with Crippen LogP contribution >= 0.6 is 11.3 Å². The van der Waals surface area contributed by atoms with E-state index in [1.54, 1.807) is 34.5 Å². The summed E-state index contributed by atoms with van der Waals surface area (Å²) in [5.74, 6) is -0.561. The molecule has 176 valence electrons. The van der Waals surface area contributed by atoms with Crippen LogP contribution in [0.25, 0.3) is 0 Å². The molecule has 0 radical (unpaired) electrons. The van der Waals surface area contributed by atoms with Gasteiger partial charge in [0.15, 0.2) is 0 Å². The van der Waals surface area contributed by atoms with E-state index in [0.29, 0.717) is 30.9 Å². The summed E-state index contributed by atoms with van der Waals surface area (Å²) in [4.78, 5) is 27.9. The average Bonchev–Trinajstić information content (AvgIpc) is 3.53. The molecule has 2 amide bonds. The number of amides is 2. The number of para-hydroxylation sites is 1. The van der Waals surface area contributed by atoms with Gasteiger partial charge in [0.2, 0.25) is 10.0 Å². The molecule has 0 spiro atoms. The Morgan fingerprint density at radius 2 is 1.62 bits per heavy atom. The van der Waals surface area contributed by atoms with E-state index >= 15 is 0 Å². The minimum atomic E-state index is -3.71. The van der Waals surface area contributed by atoms with Crippen LogP contribution in [0.1, 0.15) is 44.9 Å². The van der Waals surface area contributed by atoms with Crippen molar-refractivity contribution in [3.05, 3.63) is 76.0 Å². The summed E-state index contributed by atoms with van der Waals surface area (Å²) in [7, 11) is -3.71. The zero-order valence-electron chi connectivity index (χ0n) is 18.6. The van der Waals surface area contributed by atoms with Crippen LogP contribution < -0.4 is 10.2 Å². The van der Waals surface area contributed by atoms with Crippen molar-refractivity contribution in [2.45, 2.75) is 30.6 Å². The molecular weight excluding hydrogens is 470 g/mol. The van der Waals surface area contributed by atoms with Crippen LogP contribution in [0.4, 0.5) is 11.4 Å². The number of nitrogens with one attached hydrogen (secondary N) is 1. The van der Waals surface area contributed by atoms with Crippen LogP contribution in [0.3, 0.4) is 0 Å². The Bertz CT molecular complexity index is 1330. The van der Waals surface area contributed by atoms with Crippen molar-refractivity contribution >= 4 is 44.5 Å². The van der Waals surface area contributed by atoms with Gasteiger partial charge in [-0.3, -0.25) is 9.59 Å². The highest BCUT2D eigenvalue weighted by Crippen LogP contribution is 2.30. The third kappa shape index (κ3) is 4.26. The van der Waals surface area contributed by atoms with E-state index in [0.717, 1.165) is 48.3 Å². The van der Waals surface area contributed by atoms with Gasteiger partial charge in [-0.2, -0.15) is 4.31 Å². The molecular formula is C25H25N3O4S2. The van der Waals surface area contributed by atoms with E-state index in [-0.39, 0.29) is 15.7 Å². The molecule has 2 aliphatic heterocycles. The largest absolute Gasteiger partial charge is 0.321 e. The smallest absolute Gasteiger partial charge is 0.267 e. The lowest BCUT2D eigenvalue weighted by atomic mass is 10.1. The van der Waals surface area contributed by atoms with E-state index in [2.05, 4.69) is 5.32 Å². The number of anilines is 2. The van der Waals surface area contributed by atoms with Gasteiger partial charge in [0.1, 0.15) is 9.77 Å². The van der Waals surface area contributed by atoms with Crippen molar-refractivity contribution in [3.63, 3.8) is 0 Å². The average molecular weight is 496 g/mol. The van der Waals surface area contributed by atoms with Crippen molar-refractivity contribution in [3.8, 4) is 0 Å². The molecule has 1 fully saturated rings. The van der Waals surface area contributed by atoms with Gasteiger partial charge in [0.25, 0.3) is 11.8 Å². The van der Waals surface area contributed by atoms with Crippen molar-refractivity contribution in [1.82, 2.24) is 4.31 Å². The number of nitrogens with zero attached hydrogens (tertiary/aromatic N) is 2. The molecule has 5 rings (SSSR count). The lowest BCUT2D eigenvalue weighted by Gasteiger charge is -2.25. The van der Waals surface area contributed by atoms with Gasteiger partial charge in [-0.05, 0) is 66.6 Å². The van der Waals surface area contributed by atoms with Crippen molar-refractivity contribution in [2.75, 3.05) is 29.9 Å². The van der Waals surface area contributed by atoms with E-state index in [9.17, 15) is 18.0 Å². The third-order valence-corrected chi connectivity index (χ3v) is 9.27. The second-order valence-corrected chi connectivity index (χ2v) is 11.3. The summed E-state index contributed by atoms with van der Waals surface area (Å²) < 4.78 is 27.6. The second-order valence-electron chi connectivity index (χ2n) is 8.45. The van der Waals surface area contributed by atoms with Gasteiger partial charge in [0.05, 0.1) is 0 Å². The van der Waals surface area contributed by atoms with Gasteiger partial charge in [-0.1, -0.05) is 24.6 Å². The number of fused-ring (bicyclic) bond motifs is 1. The molecule has 0 bridgehead atoms. The lowest BCUT2D eigenvalue weighted by Crippen LogP contribution is -2.36. The van der Waals surface area contributed by atoms with Crippen LogP contribution in [0.2, 0.25) is 0 Å². The molecule has 34 heavy (non-hydrogen) atoms. The number of sulfonamides is 1. The maximum atomic E-state index is 13.1. The summed E-state index contributed by atoms with van der Waals surface area (Å²) in [5, 5.41) is 4.40. The van der Waals surface area contributed by atoms with Crippen LogP contribution in [0, 0.1) is 0 Å². The number of thiophene rings is 1. The summed E-state index contributed by atoms with van der Waals surface area (Å²) in [6.07, 6.45) is 3.52. The van der Waals surface area contributed by atoms with E-state index in [4.69, 9.17) is 0 Å². The van der Waals surface area contributed by atoms with Gasteiger partial charge in [-0.15, -0.1) is 11.3 Å². The van der Waals surface area contributed by atoms with Crippen molar-refractivity contribution in [1.29, 1.82) is 0 Å². The number of benzene rings is 2. The maximum Gasteiger partial charge on any atom is 0.267 e. The third-order valence-electron chi connectivity index (χ3n) is 6.29. The molecule has 0 saturated carbocycles. The van der Waals surface area contributed by atoms with Crippen LogP contribution in [-0.4, -0.2) is 44.2 Å². The Morgan fingerprint density at radius 3 is 2.38 bits per heavy atom. The summed E-state index contributed by atoms with van der Waals surface area (Å²) in [6.45, 7) is 1.61. The summed E-state index contributed by atoms with van der Waals surface area (Å²) >= 11 is 1.11. The van der Waals surface area contributed by atoms with E-state index in [1.165, 1.54) is 10.4 Å². The first-order valence-electron chi connectivity index (χ1n) is 11.3. The lowest BCUT2D eigenvalue weighted by molar-refractivity contribution is 0.0988. The fourth-order valence-electron chi connectivity index (χ4n) is 4.50. The first-order valence-corrected chi connectivity index (χ1v) is 13.7. The Morgan fingerprint density at radius 1 is 0.882 bits per heavy atom. The first-order chi connectivity index (χ1) is 16.4. The second kappa shape index (κ2) is 9.32. The monoisotopic (exact) mass is 495 g/mol. The minimum absolute atomic E-state index is 0.0522. The van der Waals surface area contributed by atoms with Crippen molar-refractivity contribution < 1.29 is 18.0 Å². The van der Waals surface area contributed by atoms with Gasteiger partial charge >= 0.3 is 0 Å². The number of carbonyl (C=O) groups excluding carboxylic acids is 2. The molecule has 2 aromatic carbocycles. The fourth-order valence-corrected chi connectivity index (χ4v) is 7.31. The quantitative estimate of drug-likeness (QED) is 0.569. The van der Waals surface area contributed by atoms with Gasteiger partial charge in [-0.25, -0.2) is 8.42 Å².